The second-order valence-electron chi connectivity index (χ2n) is 7.37. The van der Waals surface area contributed by atoms with Gasteiger partial charge >= 0.3 is 0 Å². The Kier molecular flexibility index (Phi) is 5.74. The summed E-state index contributed by atoms with van der Waals surface area (Å²) in [5.74, 6) is 0.366. The molecule has 4 rings (SSSR count). The molecule has 4 aromatic rings. The number of aryl methyl sites for hydroxylation is 1. The molecule has 0 aliphatic rings. The van der Waals surface area contributed by atoms with Crippen molar-refractivity contribution < 1.29 is 4.79 Å². The molecule has 0 atom stereocenters. The van der Waals surface area contributed by atoms with Crippen molar-refractivity contribution in [2.24, 2.45) is 0 Å². The standard InChI is InChI=1S/C22H23N7O2/c1-27(2)17-9-7-16(8-10-17)15-29-20(11-13-23-29)24-21(30)12-14-28-22(31)18-5-3-4-6-19(18)25-26-28/h3-11,13H,12,14-15H2,1-2H3,(H,24,30). The molecule has 0 aliphatic carbocycles. The van der Waals surface area contributed by atoms with Crippen molar-refractivity contribution in [3.05, 3.63) is 76.7 Å². The van der Waals surface area contributed by atoms with Gasteiger partial charge in [-0.3, -0.25) is 9.59 Å². The molecule has 0 fully saturated rings. The molecule has 0 saturated carbocycles. The van der Waals surface area contributed by atoms with Crippen LogP contribution in [0, 0.1) is 0 Å². The summed E-state index contributed by atoms with van der Waals surface area (Å²) in [5.41, 5.74) is 2.47. The third kappa shape index (κ3) is 4.61. The largest absolute Gasteiger partial charge is 0.378 e. The van der Waals surface area contributed by atoms with Crippen molar-refractivity contribution in [2.45, 2.75) is 19.5 Å². The van der Waals surface area contributed by atoms with Crippen LogP contribution in [0.1, 0.15) is 12.0 Å². The van der Waals surface area contributed by atoms with Crippen molar-refractivity contribution in [1.29, 1.82) is 0 Å². The fourth-order valence-electron chi connectivity index (χ4n) is 3.22. The lowest BCUT2D eigenvalue weighted by Gasteiger charge is -2.13. The van der Waals surface area contributed by atoms with Gasteiger partial charge in [0, 0.05) is 32.3 Å². The van der Waals surface area contributed by atoms with Crippen molar-refractivity contribution >= 4 is 28.3 Å². The van der Waals surface area contributed by atoms with E-state index in [-0.39, 0.29) is 24.4 Å². The fourth-order valence-corrected chi connectivity index (χ4v) is 3.22. The molecule has 0 unspecified atom stereocenters. The first-order chi connectivity index (χ1) is 15.0. The number of anilines is 2. The van der Waals surface area contributed by atoms with E-state index in [1.165, 1.54) is 4.68 Å². The van der Waals surface area contributed by atoms with Gasteiger partial charge < -0.3 is 10.2 Å². The van der Waals surface area contributed by atoms with E-state index >= 15 is 0 Å². The summed E-state index contributed by atoms with van der Waals surface area (Å²) in [6.45, 7) is 0.675. The highest BCUT2D eigenvalue weighted by Crippen LogP contribution is 2.15. The van der Waals surface area contributed by atoms with Crippen molar-refractivity contribution in [2.75, 3.05) is 24.3 Å². The van der Waals surface area contributed by atoms with Gasteiger partial charge in [0.15, 0.2) is 0 Å². The predicted octanol–water partition coefficient (Wildman–Crippen LogP) is 2.13. The summed E-state index contributed by atoms with van der Waals surface area (Å²) in [5, 5.41) is 15.6. The molecule has 0 radical (unpaired) electrons. The zero-order chi connectivity index (χ0) is 21.8. The minimum absolute atomic E-state index is 0.0929. The van der Waals surface area contributed by atoms with Gasteiger partial charge in [0.1, 0.15) is 11.3 Å². The van der Waals surface area contributed by atoms with Crippen LogP contribution >= 0.6 is 0 Å². The number of nitrogens with zero attached hydrogens (tertiary/aromatic N) is 6. The van der Waals surface area contributed by atoms with Gasteiger partial charge in [-0.05, 0) is 29.8 Å². The number of fused-ring (bicyclic) bond motifs is 1. The second kappa shape index (κ2) is 8.78. The van der Waals surface area contributed by atoms with Crippen LogP contribution in [0.15, 0.2) is 65.6 Å². The number of rotatable bonds is 7. The first-order valence-electron chi connectivity index (χ1n) is 9.92. The maximum atomic E-state index is 12.5. The molecule has 158 valence electrons. The monoisotopic (exact) mass is 417 g/mol. The molecule has 0 bridgehead atoms. The molecular formula is C22H23N7O2. The van der Waals surface area contributed by atoms with Gasteiger partial charge in [-0.2, -0.15) is 5.10 Å². The summed E-state index contributed by atoms with van der Waals surface area (Å²) in [4.78, 5) is 27.0. The van der Waals surface area contributed by atoms with E-state index in [1.807, 2.05) is 43.3 Å². The van der Waals surface area contributed by atoms with Gasteiger partial charge in [0.25, 0.3) is 5.56 Å². The number of carbonyl (C=O) groups is 1. The number of nitrogens with one attached hydrogen (secondary N) is 1. The highest BCUT2D eigenvalue weighted by atomic mass is 16.2. The van der Waals surface area contributed by atoms with Crippen LogP contribution in [0.2, 0.25) is 0 Å². The van der Waals surface area contributed by atoms with Crippen LogP contribution in [0.5, 0.6) is 0 Å². The normalized spacial score (nSPS) is 10.9. The Morgan fingerprint density at radius 2 is 1.81 bits per heavy atom. The molecule has 2 aromatic carbocycles. The van der Waals surface area contributed by atoms with Crippen LogP contribution in [0.3, 0.4) is 0 Å². The van der Waals surface area contributed by atoms with Crippen molar-refractivity contribution in [3.63, 3.8) is 0 Å². The lowest BCUT2D eigenvalue weighted by Crippen LogP contribution is -2.27. The first-order valence-corrected chi connectivity index (χ1v) is 9.92. The van der Waals surface area contributed by atoms with E-state index in [0.717, 1.165) is 11.3 Å². The minimum atomic E-state index is -0.260. The van der Waals surface area contributed by atoms with Gasteiger partial charge in [-0.15, -0.1) is 5.10 Å². The SMILES string of the molecule is CN(C)c1ccc(Cn2nccc2NC(=O)CCn2nnc3ccccc3c2=O)cc1. The maximum absolute atomic E-state index is 12.5. The van der Waals surface area contributed by atoms with Gasteiger partial charge in [0.05, 0.1) is 24.7 Å². The molecule has 0 spiro atoms. The number of aromatic nitrogens is 5. The zero-order valence-corrected chi connectivity index (χ0v) is 17.4. The van der Waals surface area contributed by atoms with Crippen molar-refractivity contribution in [3.8, 4) is 0 Å². The summed E-state index contributed by atoms with van der Waals surface area (Å²) in [6.07, 6.45) is 1.73. The predicted molar refractivity (Wildman–Crippen MR) is 119 cm³/mol. The summed E-state index contributed by atoms with van der Waals surface area (Å²) < 4.78 is 2.94. The molecule has 1 N–H and O–H groups in total. The topological polar surface area (TPSA) is 97.9 Å². The highest BCUT2D eigenvalue weighted by molar-refractivity contribution is 5.89. The molecule has 9 nitrogen and oxygen atoms in total. The fraction of sp³-hybridized carbons (Fsp3) is 0.227. The molecule has 31 heavy (non-hydrogen) atoms. The summed E-state index contributed by atoms with van der Waals surface area (Å²) in [7, 11) is 3.99. The van der Waals surface area contributed by atoms with E-state index in [0.29, 0.717) is 23.3 Å². The lowest BCUT2D eigenvalue weighted by molar-refractivity contribution is -0.116. The Morgan fingerprint density at radius 1 is 1.03 bits per heavy atom. The average molecular weight is 417 g/mol. The zero-order valence-electron chi connectivity index (χ0n) is 17.4. The molecule has 0 saturated heterocycles. The number of hydrogen-bond donors (Lipinski definition) is 1. The van der Waals surface area contributed by atoms with E-state index in [9.17, 15) is 9.59 Å². The van der Waals surface area contributed by atoms with Crippen LogP contribution < -0.4 is 15.8 Å². The summed E-state index contributed by atoms with van der Waals surface area (Å²) >= 11 is 0. The van der Waals surface area contributed by atoms with Crippen LogP contribution in [0.4, 0.5) is 11.5 Å². The van der Waals surface area contributed by atoms with Crippen LogP contribution in [-0.2, 0) is 17.9 Å². The Bertz CT molecular complexity index is 1260. The Labute approximate surface area is 178 Å². The van der Waals surface area contributed by atoms with E-state index < -0.39 is 0 Å². The summed E-state index contributed by atoms with van der Waals surface area (Å²) in [6, 6.07) is 16.9. The Hall–Kier alpha value is -4.01. The second-order valence-corrected chi connectivity index (χ2v) is 7.37. The number of hydrogen-bond acceptors (Lipinski definition) is 6. The smallest absolute Gasteiger partial charge is 0.277 e. The lowest BCUT2D eigenvalue weighted by atomic mass is 10.2. The number of amides is 1. The van der Waals surface area contributed by atoms with Gasteiger partial charge in [-0.1, -0.05) is 29.5 Å². The maximum Gasteiger partial charge on any atom is 0.277 e. The van der Waals surface area contributed by atoms with E-state index in [2.05, 4.69) is 20.7 Å². The third-order valence-corrected chi connectivity index (χ3v) is 4.95. The highest BCUT2D eigenvalue weighted by Gasteiger charge is 2.11. The average Bonchev–Trinajstić information content (AvgIpc) is 3.20. The van der Waals surface area contributed by atoms with Crippen molar-refractivity contribution in [1.82, 2.24) is 24.8 Å². The quantitative estimate of drug-likeness (QED) is 0.495. The Balaban J connectivity index is 1.39. The number of benzene rings is 2. The van der Waals surface area contributed by atoms with Gasteiger partial charge in [0.2, 0.25) is 5.91 Å². The molecule has 1 amide bonds. The molecular weight excluding hydrogens is 394 g/mol. The van der Waals surface area contributed by atoms with Gasteiger partial charge in [-0.25, -0.2) is 9.36 Å². The number of carbonyl (C=O) groups excluding carboxylic acids is 1. The van der Waals surface area contributed by atoms with E-state index in [4.69, 9.17) is 0 Å². The van der Waals surface area contributed by atoms with E-state index in [1.54, 1.807) is 41.2 Å². The van der Waals surface area contributed by atoms with Crippen LogP contribution in [-0.4, -0.2) is 44.8 Å². The molecule has 2 heterocycles. The minimum Gasteiger partial charge on any atom is -0.378 e. The molecule has 0 aliphatic heterocycles. The van der Waals surface area contributed by atoms with Crippen LogP contribution in [0.25, 0.3) is 10.9 Å². The Morgan fingerprint density at radius 3 is 2.58 bits per heavy atom. The first kappa shape index (κ1) is 20.3. The third-order valence-electron chi connectivity index (χ3n) is 4.95. The molecule has 2 aromatic heterocycles. The molecule has 9 heteroatoms.